The van der Waals surface area contributed by atoms with Crippen LogP contribution in [0.2, 0.25) is 0 Å². The molecule has 0 saturated carbocycles. The van der Waals surface area contributed by atoms with Crippen LogP contribution in [0.3, 0.4) is 0 Å². The maximum absolute atomic E-state index is 12.5. The van der Waals surface area contributed by atoms with E-state index in [0.717, 1.165) is 29.6 Å². The number of rotatable bonds is 5. The molecule has 4 rings (SSSR count). The SMILES string of the molecule is Cc1ccc(CN2CCNC(=O)[C@H]2Cc2ncnn2-c2ccncc2)o1. The smallest absolute Gasteiger partial charge is 0.237 e. The number of carbonyl (C=O) groups excluding carboxylic acids is 1. The Balaban J connectivity index is 1.57. The molecule has 0 aromatic carbocycles. The number of carbonyl (C=O) groups is 1. The van der Waals surface area contributed by atoms with E-state index in [-0.39, 0.29) is 11.9 Å². The van der Waals surface area contributed by atoms with Gasteiger partial charge in [0, 0.05) is 31.9 Å². The van der Waals surface area contributed by atoms with Crippen molar-refractivity contribution in [3.63, 3.8) is 0 Å². The summed E-state index contributed by atoms with van der Waals surface area (Å²) in [6, 6.07) is 7.30. The summed E-state index contributed by atoms with van der Waals surface area (Å²) >= 11 is 0. The van der Waals surface area contributed by atoms with Gasteiger partial charge in [-0.25, -0.2) is 9.67 Å². The highest BCUT2D eigenvalue weighted by Gasteiger charge is 2.31. The Kier molecular flexibility index (Phi) is 4.49. The van der Waals surface area contributed by atoms with Crippen LogP contribution in [0.5, 0.6) is 0 Å². The summed E-state index contributed by atoms with van der Waals surface area (Å²) in [7, 11) is 0. The Labute approximate surface area is 150 Å². The zero-order valence-electron chi connectivity index (χ0n) is 14.5. The summed E-state index contributed by atoms with van der Waals surface area (Å²) in [5.74, 6) is 2.47. The molecule has 1 atom stereocenters. The van der Waals surface area contributed by atoms with E-state index in [4.69, 9.17) is 4.42 Å². The molecular weight excluding hydrogens is 332 g/mol. The van der Waals surface area contributed by atoms with E-state index >= 15 is 0 Å². The number of aromatic nitrogens is 4. The van der Waals surface area contributed by atoms with Crippen LogP contribution in [0.1, 0.15) is 17.3 Å². The molecule has 1 amide bonds. The molecule has 1 aliphatic rings. The molecule has 8 heteroatoms. The maximum atomic E-state index is 12.5. The second-order valence-corrected chi connectivity index (χ2v) is 6.29. The number of aryl methyl sites for hydroxylation is 1. The van der Waals surface area contributed by atoms with Crippen LogP contribution in [0, 0.1) is 6.92 Å². The fraction of sp³-hybridized carbons (Fsp3) is 0.333. The van der Waals surface area contributed by atoms with Crippen LogP contribution >= 0.6 is 0 Å². The van der Waals surface area contributed by atoms with Crippen LogP contribution in [0.4, 0.5) is 0 Å². The number of hydrogen-bond donors (Lipinski definition) is 1. The fourth-order valence-electron chi connectivity index (χ4n) is 3.22. The average Bonchev–Trinajstić information content (AvgIpc) is 3.27. The van der Waals surface area contributed by atoms with Gasteiger partial charge < -0.3 is 9.73 Å². The minimum Gasteiger partial charge on any atom is -0.465 e. The minimum absolute atomic E-state index is 0.00352. The maximum Gasteiger partial charge on any atom is 0.237 e. The lowest BCUT2D eigenvalue weighted by Gasteiger charge is -2.34. The molecule has 0 aliphatic carbocycles. The van der Waals surface area contributed by atoms with Crippen LogP contribution in [-0.4, -0.2) is 49.7 Å². The summed E-state index contributed by atoms with van der Waals surface area (Å²) in [5, 5.41) is 7.24. The first-order valence-electron chi connectivity index (χ1n) is 8.57. The van der Waals surface area contributed by atoms with Gasteiger partial charge in [0.05, 0.1) is 18.3 Å². The first-order valence-corrected chi connectivity index (χ1v) is 8.57. The van der Waals surface area contributed by atoms with Gasteiger partial charge in [0.15, 0.2) is 0 Å². The van der Waals surface area contributed by atoms with Crippen molar-refractivity contribution in [1.82, 2.24) is 30.0 Å². The molecule has 0 bridgehead atoms. The normalized spacial score (nSPS) is 18.0. The molecule has 4 heterocycles. The Morgan fingerprint density at radius 1 is 1.27 bits per heavy atom. The number of pyridine rings is 1. The van der Waals surface area contributed by atoms with Gasteiger partial charge in [0.2, 0.25) is 5.91 Å². The zero-order chi connectivity index (χ0) is 17.9. The average molecular weight is 352 g/mol. The number of furan rings is 1. The number of piperazine rings is 1. The first-order chi connectivity index (χ1) is 12.7. The molecular formula is C18H20N6O2. The highest BCUT2D eigenvalue weighted by atomic mass is 16.3. The van der Waals surface area contributed by atoms with Gasteiger partial charge in [-0.2, -0.15) is 5.10 Å². The predicted octanol–water partition coefficient (Wildman–Crippen LogP) is 1.11. The fourth-order valence-corrected chi connectivity index (χ4v) is 3.22. The van der Waals surface area contributed by atoms with Gasteiger partial charge in [-0.1, -0.05) is 0 Å². The molecule has 1 N–H and O–H groups in total. The van der Waals surface area contributed by atoms with Crippen molar-refractivity contribution < 1.29 is 9.21 Å². The number of amides is 1. The molecule has 1 fully saturated rings. The summed E-state index contributed by atoms with van der Waals surface area (Å²) in [6.45, 7) is 3.90. The lowest BCUT2D eigenvalue weighted by molar-refractivity contribution is -0.129. The summed E-state index contributed by atoms with van der Waals surface area (Å²) in [5.41, 5.74) is 0.872. The van der Waals surface area contributed by atoms with Crippen molar-refractivity contribution in [1.29, 1.82) is 0 Å². The highest BCUT2D eigenvalue weighted by Crippen LogP contribution is 2.17. The van der Waals surface area contributed by atoms with E-state index in [1.807, 2.05) is 31.2 Å². The minimum atomic E-state index is -0.320. The van der Waals surface area contributed by atoms with Crippen molar-refractivity contribution in [3.8, 4) is 5.69 Å². The summed E-state index contributed by atoms with van der Waals surface area (Å²) < 4.78 is 7.43. The summed E-state index contributed by atoms with van der Waals surface area (Å²) in [4.78, 5) is 23.0. The van der Waals surface area contributed by atoms with Crippen molar-refractivity contribution in [2.45, 2.75) is 25.9 Å². The van der Waals surface area contributed by atoms with E-state index in [1.54, 1.807) is 17.1 Å². The van der Waals surface area contributed by atoms with E-state index in [9.17, 15) is 4.79 Å². The van der Waals surface area contributed by atoms with Gasteiger partial charge in [0.25, 0.3) is 0 Å². The molecule has 1 saturated heterocycles. The van der Waals surface area contributed by atoms with Crippen LogP contribution in [-0.2, 0) is 17.8 Å². The molecule has 3 aromatic heterocycles. The highest BCUT2D eigenvalue weighted by molar-refractivity contribution is 5.82. The molecule has 0 spiro atoms. The van der Waals surface area contributed by atoms with Crippen LogP contribution in [0.25, 0.3) is 5.69 Å². The molecule has 8 nitrogen and oxygen atoms in total. The van der Waals surface area contributed by atoms with Gasteiger partial charge in [0.1, 0.15) is 23.7 Å². The Hall–Kier alpha value is -3.00. The van der Waals surface area contributed by atoms with Crippen molar-refractivity contribution in [2.24, 2.45) is 0 Å². The Morgan fingerprint density at radius 2 is 2.12 bits per heavy atom. The van der Waals surface area contributed by atoms with Crippen molar-refractivity contribution >= 4 is 5.91 Å². The van der Waals surface area contributed by atoms with Gasteiger partial charge in [-0.15, -0.1) is 0 Å². The second-order valence-electron chi connectivity index (χ2n) is 6.29. The second kappa shape index (κ2) is 7.09. The van der Waals surface area contributed by atoms with E-state index in [1.165, 1.54) is 6.33 Å². The van der Waals surface area contributed by atoms with E-state index in [0.29, 0.717) is 19.5 Å². The standard InChI is InChI=1S/C18H20N6O2/c1-13-2-3-15(26-13)11-23-9-8-20-18(25)16(23)10-17-21-12-22-24(17)14-4-6-19-7-5-14/h2-7,12,16H,8-11H2,1H3,(H,20,25)/t16-/m1/s1. The van der Waals surface area contributed by atoms with Crippen molar-refractivity contribution in [3.05, 3.63) is 60.3 Å². The first kappa shape index (κ1) is 16.5. The zero-order valence-corrected chi connectivity index (χ0v) is 14.5. The van der Waals surface area contributed by atoms with Crippen LogP contribution in [0.15, 0.2) is 47.4 Å². The Morgan fingerprint density at radius 3 is 2.88 bits per heavy atom. The van der Waals surface area contributed by atoms with Gasteiger partial charge in [-0.3, -0.25) is 14.7 Å². The topological polar surface area (TPSA) is 89.1 Å². The van der Waals surface area contributed by atoms with Crippen molar-refractivity contribution in [2.75, 3.05) is 13.1 Å². The molecule has 0 radical (unpaired) electrons. The third-order valence-corrected chi connectivity index (χ3v) is 4.50. The molecule has 0 unspecified atom stereocenters. The lowest BCUT2D eigenvalue weighted by Crippen LogP contribution is -2.55. The summed E-state index contributed by atoms with van der Waals surface area (Å²) in [6.07, 6.45) is 5.39. The predicted molar refractivity (Wildman–Crippen MR) is 93.5 cm³/mol. The monoisotopic (exact) mass is 352 g/mol. The van der Waals surface area contributed by atoms with Gasteiger partial charge >= 0.3 is 0 Å². The number of nitrogens with zero attached hydrogens (tertiary/aromatic N) is 5. The van der Waals surface area contributed by atoms with E-state index in [2.05, 4.69) is 25.3 Å². The third kappa shape index (κ3) is 3.36. The number of nitrogens with one attached hydrogen (secondary N) is 1. The Bertz CT molecular complexity index is 888. The largest absolute Gasteiger partial charge is 0.465 e. The van der Waals surface area contributed by atoms with E-state index < -0.39 is 0 Å². The number of hydrogen-bond acceptors (Lipinski definition) is 6. The van der Waals surface area contributed by atoms with Crippen LogP contribution < -0.4 is 5.32 Å². The van der Waals surface area contributed by atoms with Gasteiger partial charge in [-0.05, 0) is 31.2 Å². The molecule has 134 valence electrons. The molecule has 3 aromatic rings. The lowest BCUT2D eigenvalue weighted by atomic mass is 10.1. The molecule has 1 aliphatic heterocycles. The molecule has 26 heavy (non-hydrogen) atoms. The quantitative estimate of drug-likeness (QED) is 0.740. The third-order valence-electron chi connectivity index (χ3n) is 4.50.